The van der Waals surface area contributed by atoms with Crippen LogP contribution in [0.1, 0.15) is 35.7 Å². The van der Waals surface area contributed by atoms with Gasteiger partial charge in [0.15, 0.2) is 0 Å². The van der Waals surface area contributed by atoms with Crippen molar-refractivity contribution in [2.24, 2.45) is 0 Å². The number of aromatic nitrogens is 1. The van der Waals surface area contributed by atoms with Crippen molar-refractivity contribution in [3.63, 3.8) is 0 Å². The molecule has 0 fully saturated rings. The zero-order valence-corrected chi connectivity index (χ0v) is 12.6. The number of aromatic amines is 1. The molecule has 2 atom stereocenters. The molecular formula is C18H17ClN2. The third-order valence-corrected chi connectivity index (χ3v) is 4.81. The van der Waals surface area contributed by atoms with Crippen LogP contribution in [0.25, 0.3) is 10.9 Å². The summed E-state index contributed by atoms with van der Waals surface area (Å²) in [7, 11) is 0. The van der Waals surface area contributed by atoms with E-state index in [2.05, 4.69) is 53.6 Å². The van der Waals surface area contributed by atoms with E-state index in [1.165, 1.54) is 27.7 Å². The second-order valence-corrected chi connectivity index (χ2v) is 6.11. The van der Waals surface area contributed by atoms with Crippen molar-refractivity contribution in [1.29, 1.82) is 0 Å². The minimum atomic E-state index is 0.293. The van der Waals surface area contributed by atoms with Gasteiger partial charge in [-0.2, -0.15) is 0 Å². The molecule has 0 amide bonds. The van der Waals surface area contributed by atoms with Crippen LogP contribution in [0.5, 0.6) is 0 Å². The van der Waals surface area contributed by atoms with Crippen LogP contribution in [-0.2, 0) is 0 Å². The first-order chi connectivity index (χ1) is 10.3. The molecule has 0 radical (unpaired) electrons. The van der Waals surface area contributed by atoms with Gasteiger partial charge in [-0.3, -0.25) is 0 Å². The standard InChI is InChI=1S/C18H17ClN2/c1-11-18-17(13-7-3-5-9-16(13)21-18)14(10-20-11)12-6-2-4-8-15(12)19/h2-9,11,14,20-21H,10H2,1H3/t11-,14+/m1/s1. The summed E-state index contributed by atoms with van der Waals surface area (Å²) in [6, 6.07) is 17.0. The predicted molar refractivity (Wildman–Crippen MR) is 88.0 cm³/mol. The third-order valence-electron chi connectivity index (χ3n) is 4.47. The van der Waals surface area contributed by atoms with Gasteiger partial charge in [-0.05, 0) is 30.2 Å². The Balaban J connectivity index is 1.98. The number of hydrogen-bond acceptors (Lipinski definition) is 1. The number of halogens is 1. The van der Waals surface area contributed by atoms with Crippen LogP contribution in [0, 0.1) is 0 Å². The topological polar surface area (TPSA) is 27.8 Å². The molecule has 3 aromatic rings. The molecule has 2 N–H and O–H groups in total. The quantitative estimate of drug-likeness (QED) is 0.674. The lowest BCUT2D eigenvalue weighted by atomic mass is 9.85. The van der Waals surface area contributed by atoms with E-state index in [0.717, 1.165) is 11.6 Å². The first-order valence-corrected chi connectivity index (χ1v) is 7.72. The molecule has 0 aliphatic carbocycles. The van der Waals surface area contributed by atoms with Crippen LogP contribution in [0.2, 0.25) is 5.02 Å². The third kappa shape index (κ3) is 1.98. The van der Waals surface area contributed by atoms with Gasteiger partial charge in [0.25, 0.3) is 0 Å². The molecule has 2 aromatic carbocycles. The summed E-state index contributed by atoms with van der Waals surface area (Å²) in [5.74, 6) is 0.293. The Morgan fingerprint density at radius 1 is 1.05 bits per heavy atom. The number of hydrogen-bond donors (Lipinski definition) is 2. The number of nitrogens with one attached hydrogen (secondary N) is 2. The van der Waals surface area contributed by atoms with Crippen LogP contribution in [-0.4, -0.2) is 11.5 Å². The highest BCUT2D eigenvalue weighted by molar-refractivity contribution is 6.31. The Labute approximate surface area is 129 Å². The second-order valence-electron chi connectivity index (χ2n) is 5.70. The van der Waals surface area contributed by atoms with Gasteiger partial charge in [-0.15, -0.1) is 0 Å². The van der Waals surface area contributed by atoms with E-state index >= 15 is 0 Å². The SMILES string of the molecule is C[C@H]1NC[C@@H](c2ccccc2Cl)c2c1[nH]c1ccccc21. The van der Waals surface area contributed by atoms with E-state index in [1.54, 1.807) is 0 Å². The fraction of sp³-hybridized carbons (Fsp3) is 0.222. The maximum atomic E-state index is 6.44. The molecule has 1 aromatic heterocycles. The lowest BCUT2D eigenvalue weighted by Crippen LogP contribution is -2.31. The van der Waals surface area contributed by atoms with Crippen LogP contribution >= 0.6 is 11.6 Å². The zero-order valence-electron chi connectivity index (χ0n) is 11.9. The monoisotopic (exact) mass is 296 g/mol. The minimum absolute atomic E-state index is 0.293. The van der Waals surface area contributed by atoms with Crippen molar-refractivity contribution in [2.45, 2.75) is 18.9 Å². The Morgan fingerprint density at radius 3 is 2.67 bits per heavy atom. The van der Waals surface area contributed by atoms with Gasteiger partial charge < -0.3 is 10.3 Å². The van der Waals surface area contributed by atoms with Gasteiger partial charge >= 0.3 is 0 Å². The molecule has 3 heteroatoms. The zero-order chi connectivity index (χ0) is 14.4. The Kier molecular flexibility index (Phi) is 3.02. The number of H-pyrrole nitrogens is 1. The summed E-state index contributed by atoms with van der Waals surface area (Å²) < 4.78 is 0. The van der Waals surface area contributed by atoms with Gasteiger partial charge in [-0.25, -0.2) is 0 Å². The Morgan fingerprint density at radius 2 is 1.81 bits per heavy atom. The lowest BCUT2D eigenvalue weighted by Gasteiger charge is -2.29. The first-order valence-electron chi connectivity index (χ1n) is 7.34. The molecule has 21 heavy (non-hydrogen) atoms. The number of para-hydroxylation sites is 1. The molecular weight excluding hydrogens is 280 g/mol. The van der Waals surface area contributed by atoms with Crippen LogP contribution in [0.15, 0.2) is 48.5 Å². The average Bonchev–Trinajstić information content (AvgIpc) is 2.89. The maximum Gasteiger partial charge on any atom is 0.0459 e. The maximum absolute atomic E-state index is 6.44. The number of rotatable bonds is 1. The smallest absolute Gasteiger partial charge is 0.0459 e. The Bertz CT molecular complexity index is 806. The molecule has 2 nitrogen and oxygen atoms in total. The van der Waals surface area contributed by atoms with Gasteiger partial charge in [-0.1, -0.05) is 48.0 Å². The summed E-state index contributed by atoms with van der Waals surface area (Å²) in [5, 5.41) is 5.74. The van der Waals surface area contributed by atoms with Crippen molar-refractivity contribution in [3.8, 4) is 0 Å². The average molecular weight is 297 g/mol. The van der Waals surface area contributed by atoms with Crippen molar-refractivity contribution in [1.82, 2.24) is 10.3 Å². The molecule has 1 aliphatic heterocycles. The highest BCUT2D eigenvalue weighted by Crippen LogP contribution is 2.40. The molecule has 2 heterocycles. The predicted octanol–water partition coefficient (Wildman–Crippen LogP) is 4.62. The molecule has 106 valence electrons. The fourth-order valence-electron chi connectivity index (χ4n) is 3.42. The second kappa shape index (κ2) is 4.90. The minimum Gasteiger partial charge on any atom is -0.357 e. The van der Waals surface area contributed by atoms with Crippen LogP contribution < -0.4 is 5.32 Å². The van der Waals surface area contributed by atoms with Crippen molar-refractivity contribution < 1.29 is 0 Å². The highest BCUT2D eigenvalue weighted by atomic mass is 35.5. The van der Waals surface area contributed by atoms with Crippen molar-refractivity contribution in [3.05, 3.63) is 70.4 Å². The molecule has 0 saturated heterocycles. The van der Waals surface area contributed by atoms with Crippen molar-refractivity contribution >= 4 is 22.5 Å². The molecule has 4 rings (SSSR count). The van der Waals surface area contributed by atoms with E-state index in [9.17, 15) is 0 Å². The summed E-state index contributed by atoms with van der Waals surface area (Å²) in [6.07, 6.45) is 0. The Hall–Kier alpha value is -1.77. The highest BCUT2D eigenvalue weighted by Gasteiger charge is 2.30. The van der Waals surface area contributed by atoms with Gasteiger partial charge in [0.05, 0.1) is 0 Å². The van der Waals surface area contributed by atoms with E-state index in [0.29, 0.717) is 12.0 Å². The van der Waals surface area contributed by atoms with Crippen molar-refractivity contribution in [2.75, 3.05) is 6.54 Å². The van der Waals surface area contributed by atoms with E-state index in [-0.39, 0.29) is 0 Å². The summed E-state index contributed by atoms with van der Waals surface area (Å²) in [5.41, 5.74) is 5.08. The van der Waals surface area contributed by atoms with Gasteiger partial charge in [0.2, 0.25) is 0 Å². The largest absolute Gasteiger partial charge is 0.357 e. The first kappa shape index (κ1) is 12.9. The number of fused-ring (bicyclic) bond motifs is 3. The normalized spacial score (nSPS) is 21.4. The van der Waals surface area contributed by atoms with E-state index < -0.39 is 0 Å². The van der Waals surface area contributed by atoms with Crippen LogP contribution in [0.3, 0.4) is 0 Å². The molecule has 1 aliphatic rings. The summed E-state index contributed by atoms with van der Waals surface area (Å²) >= 11 is 6.44. The van der Waals surface area contributed by atoms with Crippen LogP contribution in [0.4, 0.5) is 0 Å². The molecule has 0 unspecified atom stereocenters. The lowest BCUT2D eigenvalue weighted by molar-refractivity contribution is 0.502. The number of benzene rings is 2. The molecule has 0 bridgehead atoms. The van der Waals surface area contributed by atoms with E-state index in [4.69, 9.17) is 11.6 Å². The summed E-state index contributed by atoms with van der Waals surface area (Å²) in [4.78, 5) is 3.58. The van der Waals surface area contributed by atoms with Gasteiger partial charge in [0.1, 0.15) is 0 Å². The summed E-state index contributed by atoms with van der Waals surface area (Å²) in [6.45, 7) is 3.12. The fourth-order valence-corrected chi connectivity index (χ4v) is 3.69. The molecule has 0 spiro atoms. The van der Waals surface area contributed by atoms with Gasteiger partial charge in [0, 0.05) is 40.1 Å². The molecule has 0 saturated carbocycles. The van der Waals surface area contributed by atoms with E-state index in [1.807, 2.05) is 12.1 Å².